The minimum Gasteiger partial charge on any atom is -0.343 e. The first-order chi connectivity index (χ1) is 12.8. The van der Waals surface area contributed by atoms with E-state index in [-0.39, 0.29) is 0 Å². The van der Waals surface area contributed by atoms with Crippen molar-refractivity contribution in [2.75, 3.05) is 18.8 Å². The third kappa shape index (κ3) is 4.19. The first-order valence-corrected chi connectivity index (χ1v) is 12.0. The van der Waals surface area contributed by atoms with Gasteiger partial charge in [-0.05, 0) is 44.2 Å². The third-order valence-electron chi connectivity index (χ3n) is 5.45. The second kappa shape index (κ2) is 8.65. The molecule has 2 aliphatic rings. The van der Waals surface area contributed by atoms with Gasteiger partial charge in [0.05, 0.1) is 0 Å². The highest BCUT2D eigenvalue weighted by Gasteiger charge is 2.26. The number of amides is 1. The predicted octanol–water partition coefficient (Wildman–Crippen LogP) is 4.15. The molecule has 0 aliphatic carbocycles. The summed E-state index contributed by atoms with van der Waals surface area (Å²) in [6.45, 7) is 1.70. The fourth-order valence-electron chi connectivity index (χ4n) is 3.90. The molecule has 26 heavy (non-hydrogen) atoms. The normalized spacial score (nSPS) is 21.5. The van der Waals surface area contributed by atoms with Gasteiger partial charge in [-0.3, -0.25) is 9.20 Å². The van der Waals surface area contributed by atoms with Crippen LogP contribution in [0.2, 0.25) is 0 Å². The minimum atomic E-state index is 0.336. The molecule has 5 nitrogen and oxygen atoms in total. The molecule has 7 heteroatoms. The molecule has 2 aromatic heterocycles. The van der Waals surface area contributed by atoms with Crippen molar-refractivity contribution in [1.82, 2.24) is 19.5 Å². The van der Waals surface area contributed by atoms with Crippen LogP contribution in [0.5, 0.6) is 0 Å². The van der Waals surface area contributed by atoms with Gasteiger partial charge in [-0.15, -0.1) is 10.2 Å². The molecule has 0 radical (unpaired) electrons. The van der Waals surface area contributed by atoms with E-state index in [1.54, 1.807) is 0 Å². The molecule has 0 N–H and O–H groups in total. The summed E-state index contributed by atoms with van der Waals surface area (Å²) in [6, 6.07) is 5.98. The van der Waals surface area contributed by atoms with Gasteiger partial charge in [-0.25, -0.2) is 0 Å². The number of pyridine rings is 1. The topological polar surface area (TPSA) is 50.5 Å². The summed E-state index contributed by atoms with van der Waals surface area (Å²) < 4.78 is 2.08. The third-order valence-corrected chi connectivity index (χ3v) is 8.45. The SMILES string of the molecule is O=C(CCCCC1CCSS1)N1CCC(c2nnc3ccccn23)CC1. The van der Waals surface area contributed by atoms with Crippen LogP contribution in [0.1, 0.15) is 56.7 Å². The van der Waals surface area contributed by atoms with Crippen molar-refractivity contribution in [3.05, 3.63) is 30.2 Å². The van der Waals surface area contributed by atoms with Gasteiger partial charge in [-0.1, -0.05) is 34.1 Å². The Morgan fingerprint density at radius 1 is 1.15 bits per heavy atom. The molecule has 4 rings (SSSR count). The zero-order chi connectivity index (χ0) is 17.8. The van der Waals surface area contributed by atoms with E-state index in [1.165, 1.54) is 25.0 Å². The monoisotopic (exact) mass is 390 g/mol. The van der Waals surface area contributed by atoms with Crippen LogP contribution in [0.3, 0.4) is 0 Å². The van der Waals surface area contributed by atoms with Gasteiger partial charge >= 0.3 is 0 Å². The number of aromatic nitrogens is 3. The lowest BCUT2D eigenvalue weighted by molar-refractivity contribution is -0.132. The standard InChI is InChI=1S/C19H26N4OS2/c24-18(7-2-1-5-16-10-14-25-26-16)22-12-8-15(9-13-22)19-21-20-17-6-3-4-11-23(17)19/h3-4,6,11,15-16H,1-2,5,7-10,12-14H2. The second-order valence-corrected chi connectivity index (χ2v) is 10.0. The number of hydrogen-bond acceptors (Lipinski definition) is 5. The zero-order valence-electron chi connectivity index (χ0n) is 15.0. The summed E-state index contributed by atoms with van der Waals surface area (Å²) in [6.07, 6.45) is 9.55. The van der Waals surface area contributed by atoms with Crippen molar-refractivity contribution in [2.24, 2.45) is 0 Å². The molecule has 140 valence electrons. The van der Waals surface area contributed by atoms with Gasteiger partial charge in [0.15, 0.2) is 5.65 Å². The first kappa shape index (κ1) is 18.2. The largest absolute Gasteiger partial charge is 0.343 e. The van der Waals surface area contributed by atoms with Crippen LogP contribution in [0.25, 0.3) is 5.65 Å². The van der Waals surface area contributed by atoms with Crippen molar-refractivity contribution in [2.45, 2.75) is 56.1 Å². The fourth-order valence-corrected chi connectivity index (χ4v) is 6.92. The van der Waals surface area contributed by atoms with Gasteiger partial charge in [0.1, 0.15) is 5.82 Å². The lowest BCUT2D eigenvalue weighted by Crippen LogP contribution is -2.38. The first-order valence-electron chi connectivity index (χ1n) is 9.67. The van der Waals surface area contributed by atoms with Crippen molar-refractivity contribution in [3.63, 3.8) is 0 Å². The number of hydrogen-bond donors (Lipinski definition) is 0. The molecule has 2 aromatic rings. The number of fused-ring (bicyclic) bond motifs is 1. The maximum absolute atomic E-state index is 12.5. The van der Waals surface area contributed by atoms with Crippen LogP contribution < -0.4 is 0 Å². The Labute approximate surface area is 162 Å². The predicted molar refractivity (Wildman–Crippen MR) is 108 cm³/mol. The van der Waals surface area contributed by atoms with Crippen LogP contribution in [-0.4, -0.2) is 49.5 Å². The van der Waals surface area contributed by atoms with E-state index in [9.17, 15) is 4.79 Å². The second-order valence-electron chi connectivity index (χ2n) is 7.22. The average Bonchev–Trinajstić information content (AvgIpc) is 3.35. The molecule has 0 aromatic carbocycles. The van der Waals surface area contributed by atoms with E-state index < -0.39 is 0 Å². The molecule has 0 spiro atoms. The van der Waals surface area contributed by atoms with Gasteiger partial charge in [0.25, 0.3) is 0 Å². The highest BCUT2D eigenvalue weighted by molar-refractivity contribution is 8.77. The van der Waals surface area contributed by atoms with Crippen LogP contribution in [-0.2, 0) is 4.79 Å². The molecule has 0 saturated carbocycles. The molecular formula is C19H26N4OS2. The number of likely N-dealkylation sites (tertiary alicyclic amines) is 1. The Kier molecular flexibility index (Phi) is 6.05. The number of carbonyl (C=O) groups excluding carboxylic acids is 1. The van der Waals surface area contributed by atoms with Crippen molar-refractivity contribution >= 4 is 33.1 Å². The minimum absolute atomic E-state index is 0.336. The molecular weight excluding hydrogens is 364 g/mol. The van der Waals surface area contributed by atoms with Crippen LogP contribution in [0.4, 0.5) is 0 Å². The molecule has 2 saturated heterocycles. The summed E-state index contributed by atoms with van der Waals surface area (Å²) >= 11 is 0. The van der Waals surface area contributed by atoms with Gasteiger partial charge < -0.3 is 4.90 Å². The van der Waals surface area contributed by atoms with E-state index in [1.807, 2.05) is 46.0 Å². The molecule has 1 atom stereocenters. The van der Waals surface area contributed by atoms with E-state index in [2.05, 4.69) is 19.5 Å². The molecule has 1 amide bonds. The number of rotatable bonds is 6. The van der Waals surface area contributed by atoms with Crippen LogP contribution in [0.15, 0.2) is 24.4 Å². The van der Waals surface area contributed by atoms with E-state index in [0.717, 1.165) is 49.1 Å². The fraction of sp³-hybridized carbons (Fsp3) is 0.632. The zero-order valence-corrected chi connectivity index (χ0v) is 16.7. The van der Waals surface area contributed by atoms with E-state index in [4.69, 9.17) is 0 Å². The maximum atomic E-state index is 12.5. The van der Waals surface area contributed by atoms with Crippen molar-refractivity contribution < 1.29 is 4.79 Å². The average molecular weight is 391 g/mol. The van der Waals surface area contributed by atoms with E-state index in [0.29, 0.717) is 18.2 Å². The lowest BCUT2D eigenvalue weighted by atomic mass is 9.95. The van der Waals surface area contributed by atoms with Gasteiger partial charge in [0.2, 0.25) is 5.91 Å². The van der Waals surface area contributed by atoms with Gasteiger partial charge in [0, 0.05) is 42.6 Å². The number of unbranched alkanes of at least 4 members (excludes halogenated alkanes) is 1. The Balaban J connectivity index is 1.22. The summed E-state index contributed by atoms with van der Waals surface area (Å²) in [5.74, 6) is 3.07. The number of nitrogens with zero attached hydrogens (tertiary/aromatic N) is 4. The Morgan fingerprint density at radius 3 is 2.85 bits per heavy atom. The molecule has 4 heterocycles. The van der Waals surface area contributed by atoms with Crippen molar-refractivity contribution in [3.8, 4) is 0 Å². The molecule has 1 unspecified atom stereocenters. The highest BCUT2D eigenvalue weighted by atomic mass is 33.1. The van der Waals surface area contributed by atoms with E-state index >= 15 is 0 Å². The van der Waals surface area contributed by atoms with Gasteiger partial charge in [-0.2, -0.15) is 0 Å². The van der Waals surface area contributed by atoms with Crippen molar-refractivity contribution in [1.29, 1.82) is 0 Å². The van der Waals surface area contributed by atoms with Crippen LogP contribution >= 0.6 is 21.6 Å². The Morgan fingerprint density at radius 2 is 2.04 bits per heavy atom. The summed E-state index contributed by atoms with van der Waals surface area (Å²) in [7, 11) is 4.04. The Bertz CT molecular complexity index is 736. The number of carbonyl (C=O) groups is 1. The quantitative estimate of drug-likeness (QED) is 0.548. The lowest BCUT2D eigenvalue weighted by Gasteiger charge is -2.31. The smallest absolute Gasteiger partial charge is 0.222 e. The molecule has 2 fully saturated rings. The highest BCUT2D eigenvalue weighted by Crippen LogP contribution is 2.40. The molecule has 2 aliphatic heterocycles. The summed E-state index contributed by atoms with van der Waals surface area (Å²) in [5, 5.41) is 9.48. The molecule has 0 bridgehead atoms. The van der Waals surface area contributed by atoms with Crippen LogP contribution in [0, 0.1) is 0 Å². The summed E-state index contributed by atoms with van der Waals surface area (Å²) in [4.78, 5) is 14.5. The maximum Gasteiger partial charge on any atom is 0.222 e. The number of piperidine rings is 1. The summed E-state index contributed by atoms with van der Waals surface area (Å²) in [5.41, 5.74) is 0.903. The Hall–Kier alpha value is -1.21.